The minimum atomic E-state index is -0.129. The Kier molecular flexibility index (Phi) is 3.93. The van der Waals surface area contributed by atoms with E-state index >= 15 is 0 Å². The fraction of sp³-hybridized carbons (Fsp3) is 0.318. The van der Waals surface area contributed by atoms with Crippen molar-refractivity contribution in [2.24, 2.45) is 0 Å². The van der Waals surface area contributed by atoms with E-state index in [-0.39, 0.29) is 11.3 Å². The van der Waals surface area contributed by atoms with Gasteiger partial charge in [0.25, 0.3) is 5.91 Å². The third-order valence-electron chi connectivity index (χ3n) is 5.81. The van der Waals surface area contributed by atoms with Gasteiger partial charge in [-0.3, -0.25) is 14.8 Å². The number of anilines is 1. The van der Waals surface area contributed by atoms with Crippen LogP contribution in [0.25, 0.3) is 0 Å². The number of pyridine rings is 2. The van der Waals surface area contributed by atoms with Gasteiger partial charge < -0.3 is 14.2 Å². The van der Waals surface area contributed by atoms with Gasteiger partial charge in [-0.2, -0.15) is 0 Å². The molecule has 3 aromatic rings. The van der Waals surface area contributed by atoms with Crippen LogP contribution in [0.3, 0.4) is 0 Å². The van der Waals surface area contributed by atoms with E-state index < -0.39 is 0 Å². The van der Waals surface area contributed by atoms with Gasteiger partial charge in [-0.25, -0.2) is 0 Å². The van der Waals surface area contributed by atoms with E-state index in [0.29, 0.717) is 12.3 Å². The quantitative estimate of drug-likeness (QED) is 0.705. The van der Waals surface area contributed by atoms with Crippen LogP contribution in [0, 0.1) is 6.92 Å². The van der Waals surface area contributed by atoms with Crippen LogP contribution in [0.4, 0.5) is 5.69 Å². The molecule has 1 spiro atoms. The Bertz CT molecular complexity index is 1020. The lowest BCUT2D eigenvalue weighted by Gasteiger charge is -2.25. The van der Waals surface area contributed by atoms with Gasteiger partial charge in [0.1, 0.15) is 5.76 Å². The Balaban J connectivity index is 1.42. The number of furan rings is 1. The molecule has 1 fully saturated rings. The number of nitrogens with zero attached hydrogens (tertiary/aromatic N) is 4. The molecule has 0 aromatic carbocycles. The highest BCUT2D eigenvalue weighted by Crippen LogP contribution is 2.45. The van der Waals surface area contributed by atoms with Crippen LogP contribution in [-0.4, -0.2) is 40.4 Å². The Morgan fingerprint density at radius 3 is 2.86 bits per heavy atom. The van der Waals surface area contributed by atoms with Crippen molar-refractivity contribution in [2.45, 2.75) is 25.3 Å². The summed E-state index contributed by atoms with van der Waals surface area (Å²) >= 11 is 0. The van der Waals surface area contributed by atoms with E-state index in [1.54, 1.807) is 12.3 Å². The molecule has 2 aliphatic heterocycles. The van der Waals surface area contributed by atoms with Gasteiger partial charge in [-0.1, -0.05) is 6.07 Å². The SMILES string of the molecule is Cc1ccc(C(=O)N2CCC3(C2)CN(Cc2cccnc2)c2cccnc23)o1. The van der Waals surface area contributed by atoms with Crippen LogP contribution < -0.4 is 4.90 Å². The van der Waals surface area contributed by atoms with Crippen molar-refractivity contribution in [1.29, 1.82) is 0 Å². The van der Waals surface area contributed by atoms with E-state index in [0.717, 1.165) is 43.2 Å². The number of aromatic nitrogens is 2. The number of hydrogen-bond donors (Lipinski definition) is 0. The first-order valence-electron chi connectivity index (χ1n) is 9.60. The number of aryl methyl sites for hydroxylation is 1. The van der Waals surface area contributed by atoms with Crippen molar-refractivity contribution < 1.29 is 9.21 Å². The van der Waals surface area contributed by atoms with Crippen molar-refractivity contribution in [3.8, 4) is 0 Å². The highest BCUT2D eigenvalue weighted by atomic mass is 16.3. The van der Waals surface area contributed by atoms with Crippen LogP contribution >= 0.6 is 0 Å². The topological polar surface area (TPSA) is 62.5 Å². The predicted molar refractivity (Wildman–Crippen MR) is 105 cm³/mol. The molecule has 3 aromatic heterocycles. The molecule has 0 aliphatic carbocycles. The first-order chi connectivity index (χ1) is 13.6. The third kappa shape index (κ3) is 2.76. The second kappa shape index (κ2) is 6.48. The highest BCUT2D eigenvalue weighted by molar-refractivity contribution is 5.92. The molecule has 1 saturated heterocycles. The Labute approximate surface area is 163 Å². The second-order valence-corrected chi connectivity index (χ2v) is 7.76. The van der Waals surface area contributed by atoms with Gasteiger partial charge in [-0.15, -0.1) is 0 Å². The van der Waals surface area contributed by atoms with E-state index in [1.165, 1.54) is 5.56 Å². The summed E-state index contributed by atoms with van der Waals surface area (Å²) in [7, 11) is 0. The summed E-state index contributed by atoms with van der Waals surface area (Å²) in [5.41, 5.74) is 3.31. The minimum absolute atomic E-state index is 0.0341. The Morgan fingerprint density at radius 2 is 2.07 bits per heavy atom. The Hall–Kier alpha value is -3.15. The van der Waals surface area contributed by atoms with Crippen molar-refractivity contribution in [1.82, 2.24) is 14.9 Å². The van der Waals surface area contributed by atoms with Crippen molar-refractivity contribution in [3.63, 3.8) is 0 Å². The lowest BCUT2D eigenvalue weighted by Crippen LogP contribution is -2.38. The van der Waals surface area contributed by atoms with E-state index in [9.17, 15) is 4.79 Å². The normalized spacial score (nSPS) is 20.8. The molecule has 6 nitrogen and oxygen atoms in total. The number of hydrogen-bond acceptors (Lipinski definition) is 5. The summed E-state index contributed by atoms with van der Waals surface area (Å²) in [4.78, 5) is 26.1. The summed E-state index contributed by atoms with van der Waals surface area (Å²) in [5, 5.41) is 0. The van der Waals surface area contributed by atoms with Crippen LogP contribution in [-0.2, 0) is 12.0 Å². The number of carbonyl (C=O) groups excluding carboxylic acids is 1. The van der Waals surface area contributed by atoms with Crippen molar-refractivity contribution >= 4 is 11.6 Å². The van der Waals surface area contributed by atoms with Crippen molar-refractivity contribution in [2.75, 3.05) is 24.5 Å². The van der Waals surface area contributed by atoms with Crippen LogP contribution in [0.1, 0.15) is 34.0 Å². The maximum atomic E-state index is 12.9. The maximum absolute atomic E-state index is 12.9. The molecule has 0 saturated carbocycles. The van der Waals surface area contributed by atoms with E-state index in [4.69, 9.17) is 9.40 Å². The molecule has 2 aliphatic rings. The average molecular weight is 374 g/mol. The smallest absolute Gasteiger partial charge is 0.289 e. The fourth-order valence-electron chi connectivity index (χ4n) is 4.51. The zero-order valence-electron chi connectivity index (χ0n) is 15.8. The number of fused-ring (bicyclic) bond motifs is 2. The van der Waals surface area contributed by atoms with Gasteiger partial charge in [0.05, 0.1) is 16.8 Å². The summed E-state index contributed by atoms with van der Waals surface area (Å²) in [5.74, 6) is 1.14. The summed E-state index contributed by atoms with van der Waals surface area (Å²) in [6, 6.07) is 11.8. The summed E-state index contributed by atoms with van der Waals surface area (Å²) < 4.78 is 5.55. The van der Waals surface area contributed by atoms with Gasteiger partial charge >= 0.3 is 0 Å². The predicted octanol–water partition coefficient (Wildman–Crippen LogP) is 3.18. The molecule has 0 N–H and O–H groups in total. The molecule has 28 heavy (non-hydrogen) atoms. The standard InChI is InChI=1S/C22H22N4O2/c1-16-6-7-19(28-16)21(27)25-11-8-22(14-25)15-26(13-17-4-2-9-23-12-17)18-5-3-10-24-20(18)22/h2-7,9-10,12H,8,11,13-15H2,1H3. The minimum Gasteiger partial charge on any atom is -0.456 e. The molecule has 142 valence electrons. The zero-order valence-corrected chi connectivity index (χ0v) is 15.8. The molecule has 6 heteroatoms. The highest BCUT2D eigenvalue weighted by Gasteiger charge is 2.49. The monoisotopic (exact) mass is 374 g/mol. The first-order valence-corrected chi connectivity index (χ1v) is 9.60. The zero-order chi connectivity index (χ0) is 19.1. The molecule has 5 rings (SSSR count). The molecule has 1 atom stereocenters. The third-order valence-corrected chi connectivity index (χ3v) is 5.81. The summed E-state index contributed by atoms with van der Waals surface area (Å²) in [6.07, 6.45) is 6.46. The second-order valence-electron chi connectivity index (χ2n) is 7.76. The van der Waals surface area contributed by atoms with Crippen LogP contribution in [0.15, 0.2) is 59.4 Å². The first kappa shape index (κ1) is 17.0. The molecule has 0 radical (unpaired) electrons. The summed E-state index contributed by atoms with van der Waals surface area (Å²) in [6.45, 7) is 4.89. The fourth-order valence-corrected chi connectivity index (χ4v) is 4.51. The van der Waals surface area contributed by atoms with Crippen LogP contribution in [0.5, 0.6) is 0 Å². The molecule has 5 heterocycles. The Morgan fingerprint density at radius 1 is 1.18 bits per heavy atom. The largest absolute Gasteiger partial charge is 0.456 e. The maximum Gasteiger partial charge on any atom is 0.289 e. The molecule has 0 bridgehead atoms. The van der Waals surface area contributed by atoms with E-state index in [1.807, 2.05) is 42.4 Å². The molecular formula is C22H22N4O2. The number of amides is 1. The lowest BCUT2D eigenvalue weighted by molar-refractivity contribution is 0.0751. The number of carbonyl (C=O) groups is 1. The van der Waals surface area contributed by atoms with Crippen molar-refractivity contribution in [3.05, 3.63) is 77.8 Å². The van der Waals surface area contributed by atoms with E-state index in [2.05, 4.69) is 22.0 Å². The van der Waals surface area contributed by atoms with Gasteiger partial charge in [0.15, 0.2) is 5.76 Å². The molecular weight excluding hydrogens is 352 g/mol. The van der Waals surface area contributed by atoms with Crippen LogP contribution in [0.2, 0.25) is 0 Å². The van der Waals surface area contributed by atoms with Gasteiger partial charge in [0.2, 0.25) is 0 Å². The van der Waals surface area contributed by atoms with Gasteiger partial charge in [0, 0.05) is 44.8 Å². The number of likely N-dealkylation sites (tertiary alicyclic amines) is 1. The lowest BCUT2D eigenvalue weighted by atomic mass is 9.85. The number of rotatable bonds is 3. The molecule has 1 unspecified atom stereocenters. The van der Waals surface area contributed by atoms with Gasteiger partial charge in [-0.05, 0) is 49.2 Å². The average Bonchev–Trinajstić information content (AvgIpc) is 3.42. The molecule has 1 amide bonds.